The zero-order chi connectivity index (χ0) is 38.5. The Hall–Kier alpha value is -3.60. The Balaban J connectivity index is 0.00000173. The molecule has 1 aliphatic carbocycles. The predicted molar refractivity (Wildman–Crippen MR) is 212 cm³/mol. The van der Waals surface area contributed by atoms with Crippen molar-refractivity contribution in [3.8, 4) is 0 Å². The topological polar surface area (TPSA) is 115 Å². The molecular weight excluding hydrogens is 676 g/mol. The Kier molecular flexibility index (Phi) is 16.5. The number of amides is 2. The van der Waals surface area contributed by atoms with Gasteiger partial charge in [-0.1, -0.05) is 76.1 Å². The number of ether oxygens (including phenoxy) is 2. The molecule has 1 aliphatic heterocycles. The van der Waals surface area contributed by atoms with Gasteiger partial charge < -0.3 is 30.0 Å². The summed E-state index contributed by atoms with van der Waals surface area (Å²) in [5.74, 6) is -0.171. The van der Waals surface area contributed by atoms with Gasteiger partial charge in [0.1, 0.15) is 5.60 Å². The van der Waals surface area contributed by atoms with Gasteiger partial charge in [0.05, 0.1) is 30.9 Å². The van der Waals surface area contributed by atoms with Crippen LogP contribution in [0.3, 0.4) is 0 Å². The molecule has 1 fully saturated rings. The van der Waals surface area contributed by atoms with E-state index in [1.54, 1.807) is 19.5 Å². The van der Waals surface area contributed by atoms with Gasteiger partial charge in [0.15, 0.2) is 0 Å². The van der Waals surface area contributed by atoms with E-state index in [0.29, 0.717) is 44.2 Å². The molecule has 1 aromatic carbocycles. The Labute approximate surface area is 317 Å². The van der Waals surface area contributed by atoms with Crippen LogP contribution in [0.5, 0.6) is 0 Å². The summed E-state index contributed by atoms with van der Waals surface area (Å²) >= 11 is 6.76. The van der Waals surface area contributed by atoms with Crippen molar-refractivity contribution >= 4 is 29.2 Å². The fraction of sp³-hybridized carbons (Fsp3) is 0.585. The van der Waals surface area contributed by atoms with Crippen LogP contribution in [0.25, 0.3) is 5.57 Å². The molecule has 2 aromatic rings. The summed E-state index contributed by atoms with van der Waals surface area (Å²) in [6, 6.07) is 5.62. The third-order valence-electron chi connectivity index (χ3n) is 10.4. The molecule has 2 aliphatic rings. The van der Waals surface area contributed by atoms with Crippen LogP contribution in [0.2, 0.25) is 5.02 Å². The van der Waals surface area contributed by atoms with E-state index in [1.807, 2.05) is 48.7 Å². The minimum atomic E-state index is -0.979. The third-order valence-corrected chi connectivity index (χ3v) is 10.6. The number of nitrogens with two attached hydrogens (primary N) is 1. The molecule has 52 heavy (non-hydrogen) atoms. The lowest BCUT2D eigenvalue weighted by atomic mass is 9.84. The molecule has 0 saturated carbocycles. The van der Waals surface area contributed by atoms with Gasteiger partial charge in [-0.25, -0.2) is 9.78 Å². The Morgan fingerprint density at radius 2 is 1.88 bits per heavy atom. The summed E-state index contributed by atoms with van der Waals surface area (Å²) in [7, 11) is 3.54. The van der Waals surface area contributed by atoms with E-state index in [-0.39, 0.29) is 23.5 Å². The first-order valence-corrected chi connectivity index (χ1v) is 19.1. The highest BCUT2D eigenvalue weighted by molar-refractivity contribution is 6.30. The second-order valence-corrected chi connectivity index (χ2v) is 15.3. The molecular formula is C41H63ClN6O4. The molecule has 2 heterocycles. The summed E-state index contributed by atoms with van der Waals surface area (Å²) in [5, 5.41) is 4.00. The molecule has 288 valence electrons. The average Bonchev–Trinajstić information content (AvgIpc) is 3.57. The van der Waals surface area contributed by atoms with Crippen molar-refractivity contribution in [2.75, 3.05) is 39.9 Å². The number of imidazole rings is 1. The van der Waals surface area contributed by atoms with Crippen molar-refractivity contribution in [2.24, 2.45) is 18.2 Å². The summed E-state index contributed by atoms with van der Waals surface area (Å²) in [6.45, 7) is 19.6. The quantitative estimate of drug-likeness (QED) is 0.223. The highest BCUT2D eigenvalue weighted by Gasteiger charge is 2.37. The van der Waals surface area contributed by atoms with Gasteiger partial charge in [-0.15, -0.1) is 0 Å². The van der Waals surface area contributed by atoms with Gasteiger partial charge in [-0.05, 0) is 92.8 Å². The molecule has 10 nitrogen and oxygen atoms in total. The molecule has 0 radical (unpaired) electrons. The van der Waals surface area contributed by atoms with Gasteiger partial charge in [0.2, 0.25) is 0 Å². The summed E-state index contributed by atoms with van der Waals surface area (Å²) in [5.41, 5.74) is 8.99. The molecule has 11 heteroatoms. The van der Waals surface area contributed by atoms with Crippen LogP contribution >= 0.6 is 11.6 Å². The van der Waals surface area contributed by atoms with E-state index in [0.717, 1.165) is 60.9 Å². The van der Waals surface area contributed by atoms with Crippen LogP contribution in [-0.4, -0.2) is 76.8 Å². The van der Waals surface area contributed by atoms with Crippen LogP contribution in [0.1, 0.15) is 115 Å². The van der Waals surface area contributed by atoms with E-state index in [1.165, 1.54) is 11.8 Å². The number of methoxy groups -OCH3 is 1. The number of aromatic nitrogens is 2. The molecule has 3 atom stereocenters. The van der Waals surface area contributed by atoms with E-state index in [9.17, 15) is 9.59 Å². The summed E-state index contributed by atoms with van der Waals surface area (Å²) in [4.78, 5) is 35.7. The molecule has 4 rings (SSSR count). The number of allylic oxidation sites excluding steroid dienone is 2. The number of hydrogen-bond acceptors (Lipinski definition) is 7. The van der Waals surface area contributed by atoms with Crippen LogP contribution in [0.4, 0.5) is 4.79 Å². The second-order valence-electron chi connectivity index (χ2n) is 14.9. The van der Waals surface area contributed by atoms with Crippen LogP contribution in [-0.2, 0) is 21.3 Å². The van der Waals surface area contributed by atoms with Crippen molar-refractivity contribution < 1.29 is 19.1 Å². The monoisotopic (exact) mass is 738 g/mol. The zero-order valence-corrected chi connectivity index (χ0v) is 33.6. The van der Waals surface area contributed by atoms with Crippen LogP contribution in [0.15, 0.2) is 61.2 Å². The number of carbonyl (C=O) groups is 2. The Morgan fingerprint density at radius 3 is 2.46 bits per heavy atom. The molecule has 1 saturated heterocycles. The average molecular weight is 739 g/mol. The summed E-state index contributed by atoms with van der Waals surface area (Å²) in [6.07, 6.45) is 14.7. The van der Waals surface area contributed by atoms with Gasteiger partial charge in [0, 0.05) is 51.4 Å². The lowest BCUT2D eigenvalue weighted by molar-refractivity contribution is -0.142. The SMILES string of the molecule is C/C=C\N.C=C1CCC/C=C(/C(NC(=O)C(C)(CCC)OC)c2cncn2C)c2cc(Cl)ccc2C(N2CCN(C(=O)OCC(C)(C)CC)CC2)C1. The Morgan fingerprint density at radius 1 is 1.19 bits per heavy atom. The van der Waals surface area contributed by atoms with E-state index >= 15 is 0 Å². The minimum Gasteiger partial charge on any atom is -0.449 e. The number of aryl methyl sites for hydroxylation is 1. The molecule has 3 unspecified atom stereocenters. The number of hydrogen-bond donors (Lipinski definition) is 2. The smallest absolute Gasteiger partial charge is 0.409 e. The fourth-order valence-electron chi connectivity index (χ4n) is 6.57. The normalized spacial score (nSPS) is 20.1. The second kappa shape index (κ2) is 20.0. The number of rotatable bonds is 11. The van der Waals surface area contributed by atoms with Gasteiger partial charge in [-0.2, -0.15) is 0 Å². The van der Waals surface area contributed by atoms with Gasteiger partial charge >= 0.3 is 6.09 Å². The van der Waals surface area contributed by atoms with Gasteiger partial charge in [-0.3, -0.25) is 9.69 Å². The number of benzene rings is 1. The number of piperazine rings is 1. The molecule has 0 bridgehead atoms. The van der Waals surface area contributed by atoms with Crippen molar-refractivity contribution in [3.05, 3.63) is 83.1 Å². The number of nitrogens with one attached hydrogen (secondary N) is 1. The molecule has 3 N–H and O–H groups in total. The van der Waals surface area contributed by atoms with E-state index < -0.39 is 11.6 Å². The van der Waals surface area contributed by atoms with Crippen LogP contribution < -0.4 is 11.1 Å². The lowest BCUT2D eigenvalue weighted by Crippen LogP contribution is -2.50. The molecule has 1 aromatic heterocycles. The predicted octanol–water partition coefficient (Wildman–Crippen LogP) is 8.36. The van der Waals surface area contributed by atoms with Crippen molar-refractivity contribution in [1.29, 1.82) is 0 Å². The maximum atomic E-state index is 14.0. The highest BCUT2D eigenvalue weighted by atomic mass is 35.5. The number of carbonyl (C=O) groups excluding carboxylic acids is 2. The molecule has 2 amide bonds. The highest BCUT2D eigenvalue weighted by Crippen LogP contribution is 2.41. The first-order valence-electron chi connectivity index (χ1n) is 18.7. The standard InChI is InChI=1S/C38H56ClN5O4.C3H7N/c1-9-17-38(6,47-8)35(45)41-34(33-24-40-26-42(33)7)30-14-12-11-13-27(3)22-32(29-16-15-28(39)23-31(29)30)43-18-20-44(21-19-43)36(46)48-25-37(4,5)10-2;1-2-3-4/h14-16,23-24,26,32,34H,3,9-13,17-22,25H2,1-2,4-8H3,(H,41,45);2-3H,4H2,1H3/b30-14+;3-2-. The maximum absolute atomic E-state index is 14.0. The minimum absolute atomic E-state index is 0.00989. The van der Waals surface area contributed by atoms with Crippen molar-refractivity contribution in [2.45, 2.75) is 104 Å². The first-order chi connectivity index (χ1) is 24.7. The largest absolute Gasteiger partial charge is 0.449 e. The summed E-state index contributed by atoms with van der Waals surface area (Å²) < 4.78 is 13.5. The van der Waals surface area contributed by atoms with E-state index in [2.05, 4.69) is 61.6 Å². The first kappa shape index (κ1) is 42.8. The maximum Gasteiger partial charge on any atom is 0.409 e. The Bertz CT molecular complexity index is 1540. The number of halogens is 1. The van der Waals surface area contributed by atoms with Crippen molar-refractivity contribution in [3.63, 3.8) is 0 Å². The zero-order valence-electron chi connectivity index (χ0n) is 32.8. The van der Waals surface area contributed by atoms with Gasteiger partial charge in [0.25, 0.3) is 5.91 Å². The molecule has 0 spiro atoms. The number of nitrogens with zero attached hydrogens (tertiary/aromatic N) is 4. The number of fused-ring (bicyclic) bond motifs is 1. The van der Waals surface area contributed by atoms with Crippen LogP contribution in [0, 0.1) is 5.41 Å². The van der Waals surface area contributed by atoms with Crippen molar-refractivity contribution in [1.82, 2.24) is 24.7 Å². The van der Waals surface area contributed by atoms with E-state index in [4.69, 9.17) is 26.8 Å². The lowest BCUT2D eigenvalue weighted by Gasteiger charge is -2.41. The third kappa shape index (κ3) is 11.4. The fourth-order valence-corrected chi connectivity index (χ4v) is 6.74.